The number of rotatable bonds is 5. The molecular formula is C17H16ClFN4S. The van der Waals surface area contributed by atoms with Crippen molar-refractivity contribution in [1.29, 1.82) is 0 Å². The van der Waals surface area contributed by atoms with Crippen LogP contribution in [0.2, 0.25) is 5.02 Å². The molecule has 3 aromatic rings. The normalized spacial score (nSPS) is 12.3. The molecule has 0 bridgehead atoms. The molecule has 124 valence electrons. The highest BCUT2D eigenvalue weighted by molar-refractivity contribution is 7.99. The van der Waals surface area contributed by atoms with Crippen molar-refractivity contribution < 1.29 is 4.39 Å². The van der Waals surface area contributed by atoms with E-state index < -0.39 is 5.82 Å². The Morgan fingerprint density at radius 1 is 1.21 bits per heavy atom. The van der Waals surface area contributed by atoms with Crippen LogP contribution in [-0.2, 0) is 0 Å². The average Bonchev–Trinajstić information content (AvgIpc) is 3.05. The Bertz CT molecular complexity index is 815. The third-order valence-electron chi connectivity index (χ3n) is 3.60. The molecule has 2 heterocycles. The molecule has 0 aliphatic carbocycles. The second-order valence-electron chi connectivity index (χ2n) is 5.33. The number of nitrogens with one attached hydrogen (secondary N) is 1. The summed E-state index contributed by atoms with van der Waals surface area (Å²) in [6.45, 7) is 4.27. The van der Waals surface area contributed by atoms with Gasteiger partial charge in [-0.25, -0.2) is 19.3 Å². The van der Waals surface area contributed by atoms with Crippen LogP contribution in [0, 0.1) is 5.82 Å². The number of imidazole rings is 1. The lowest BCUT2D eigenvalue weighted by molar-refractivity contribution is 0.630. The zero-order valence-corrected chi connectivity index (χ0v) is 14.8. The highest BCUT2D eigenvalue weighted by atomic mass is 35.5. The van der Waals surface area contributed by atoms with Gasteiger partial charge in [-0.05, 0) is 18.6 Å². The van der Waals surface area contributed by atoms with Crippen molar-refractivity contribution in [1.82, 2.24) is 19.9 Å². The Balaban J connectivity index is 1.86. The number of aromatic amines is 1. The van der Waals surface area contributed by atoms with Crippen molar-refractivity contribution >= 4 is 23.4 Å². The topological polar surface area (TPSA) is 54.5 Å². The van der Waals surface area contributed by atoms with Crippen LogP contribution in [-0.4, -0.2) is 25.2 Å². The summed E-state index contributed by atoms with van der Waals surface area (Å²) < 4.78 is 14.0. The molecule has 0 fully saturated rings. The molecule has 0 amide bonds. The Morgan fingerprint density at radius 2 is 1.96 bits per heavy atom. The molecule has 0 saturated heterocycles. The predicted molar refractivity (Wildman–Crippen MR) is 95.6 cm³/mol. The summed E-state index contributed by atoms with van der Waals surface area (Å²) in [7, 11) is 0. The number of H-pyrrole nitrogens is 1. The maximum absolute atomic E-state index is 14.0. The molecule has 3 rings (SSSR count). The molecule has 1 atom stereocenters. The fourth-order valence-corrected chi connectivity index (χ4v) is 3.10. The molecule has 7 heteroatoms. The van der Waals surface area contributed by atoms with Gasteiger partial charge in [-0.1, -0.05) is 43.3 Å². The molecule has 0 radical (unpaired) electrons. The van der Waals surface area contributed by atoms with Gasteiger partial charge in [0.2, 0.25) is 0 Å². The minimum absolute atomic E-state index is 0.260. The third-order valence-corrected chi connectivity index (χ3v) is 5.07. The highest BCUT2D eigenvalue weighted by Gasteiger charge is 2.14. The van der Waals surface area contributed by atoms with Crippen molar-refractivity contribution in [3.63, 3.8) is 0 Å². The van der Waals surface area contributed by atoms with E-state index in [2.05, 4.69) is 33.8 Å². The van der Waals surface area contributed by atoms with Crippen molar-refractivity contribution in [3.8, 4) is 22.6 Å². The van der Waals surface area contributed by atoms with Crippen molar-refractivity contribution in [2.75, 3.05) is 0 Å². The Hall–Kier alpha value is -1.92. The molecule has 0 aliphatic heterocycles. The van der Waals surface area contributed by atoms with Crippen molar-refractivity contribution in [2.24, 2.45) is 0 Å². The molecule has 1 N–H and O–H groups in total. The Morgan fingerprint density at radius 3 is 2.62 bits per heavy atom. The van der Waals surface area contributed by atoms with Gasteiger partial charge in [0.25, 0.3) is 0 Å². The molecule has 0 aliphatic rings. The third kappa shape index (κ3) is 3.60. The Kier molecular flexibility index (Phi) is 5.16. The summed E-state index contributed by atoms with van der Waals surface area (Å²) >= 11 is 7.71. The van der Waals surface area contributed by atoms with Gasteiger partial charge in [-0.15, -0.1) is 0 Å². The molecule has 0 spiro atoms. The van der Waals surface area contributed by atoms with E-state index in [0.29, 0.717) is 21.8 Å². The van der Waals surface area contributed by atoms with Crippen LogP contribution in [0.15, 0.2) is 41.9 Å². The highest BCUT2D eigenvalue weighted by Crippen LogP contribution is 2.30. The molecule has 4 nitrogen and oxygen atoms in total. The van der Waals surface area contributed by atoms with E-state index in [9.17, 15) is 4.39 Å². The number of benzene rings is 1. The molecule has 0 saturated carbocycles. The van der Waals surface area contributed by atoms with E-state index in [0.717, 1.165) is 17.1 Å². The van der Waals surface area contributed by atoms with Gasteiger partial charge in [0.05, 0.1) is 22.5 Å². The Labute approximate surface area is 148 Å². The van der Waals surface area contributed by atoms with E-state index in [1.807, 2.05) is 0 Å². The standard InChI is InChI=1S/C17H16ClFN4S/c1-3-10(2)24-17-21-7-11(8-22-17)14-9-20-16(23-14)15-12(18)5-4-6-13(15)19/h4-10H,3H2,1-2H3,(H,20,23). The minimum Gasteiger partial charge on any atom is -0.338 e. The smallest absolute Gasteiger partial charge is 0.187 e. The molecule has 24 heavy (non-hydrogen) atoms. The van der Waals surface area contributed by atoms with E-state index in [4.69, 9.17) is 11.6 Å². The summed E-state index contributed by atoms with van der Waals surface area (Å²) in [5, 5.41) is 1.52. The number of thioether (sulfide) groups is 1. The van der Waals surface area contributed by atoms with Crippen LogP contribution in [0.1, 0.15) is 20.3 Å². The SMILES string of the molecule is CCC(C)Sc1ncc(-c2cnc(-c3c(F)cccc3Cl)[nH]2)cn1. The van der Waals surface area contributed by atoms with Crippen molar-refractivity contribution in [2.45, 2.75) is 30.7 Å². The second kappa shape index (κ2) is 7.32. The summed E-state index contributed by atoms with van der Waals surface area (Å²) in [6.07, 6.45) is 6.15. The first-order chi connectivity index (χ1) is 11.6. The lowest BCUT2D eigenvalue weighted by Gasteiger charge is -2.06. The summed E-state index contributed by atoms with van der Waals surface area (Å²) in [4.78, 5) is 16.0. The van der Waals surface area contributed by atoms with Crippen LogP contribution in [0.3, 0.4) is 0 Å². The zero-order valence-electron chi connectivity index (χ0n) is 13.3. The monoisotopic (exact) mass is 362 g/mol. The van der Waals surface area contributed by atoms with Gasteiger partial charge >= 0.3 is 0 Å². The summed E-state index contributed by atoms with van der Waals surface area (Å²) in [5.41, 5.74) is 1.76. The van der Waals surface area contributed by atoms with Crippen molar-refractivity contribution in [3.05, 3.63) is 47.6 Å². The largest absolute Gasteiger partial charge is 0.338 e. The van der Waals surface area contributed by atoms with Gasteiger partial charge in [0.15, 0.2) is 5.16 Å². The maximum atomic E-state index is 14.0. The molecule has 2 aromatic heterocycles. The maximum Gasteiger partial charge on any atom is 0.187 e. The molecule has 1 unspecified atom stereocenters. The first-order valence-corrected chi connectivity index (χ1v) is 8.82. The van der Waals surface area contributed by atoms with Gasteiger partial charge in [0.1, 0.15) is 11.6 Å². The predicted octanol–water partition coefficient (Wildman–Crippen LogP) is 5.22. The van der Waals surface area contributed by atoms with Crippen LogP contribution < -0.4 is 0 Å². The first kappa shape index (κ1) is 16.9. The summed E-state index contributed by atoms with van der Waals surface area (Å²) in [6, 6.07) is 4.55. The first-order valence-electron chi connectivity index (χ1n) is 7.57. The van der Waals surface area contributed by atoms with E-state index >= 15 is 0 Å². The second-order valence-corrected chi connectivity index (χ2v) is 7.15. The number of hydrogen-bond acceptors (Lipinski definition) is 4. The van der Waals surface area contributed by atoms with E-state index in [1.54, 1.807) is 42.5 Å². The zero-order chi connectivity index (χ0) is 17.1. The van der Waals surface area contributed by atoms with E-state index in [-0.39, 0.29) is 5.56 Å². The lowest BCUT2D eigenvalue weighted by atomic mass is 10.2. The van der Waals surface area contributed by atoms with Gasteiger partial charge < -0.3 is 4.98 Å². The van der Waals surface area contributed by atoms with Gasteiger partial charge in [0, 0.05) is 23.2 Å². The fourth-order valence-electron chi connectivity index (χ4n) is 2.10. The van der Waals surface area contributed by atoms with Gasteiger partial charge in [-0.2, -0.15) is 0 Å². The van der Waals surface area contributed by atoms with E-state index in [1.165, 1.54) is 6.07 Å². The van der Waals surface area contributed by atoms with Crippen LogP contribution >= 0.6 is 23.4 Å². The lowest BCUT2D eigenvalue weighted by Crippen LogP contribution is -1.96. The molecule has 1 aromatic carbocycles. The van der Waals surface area contributed by atoms with Gasteiger partial charge in [-0.3, -0.25) is 0 Å². The summed E-state index contributed by atoms with van der Waals surface area (Å²) in [5.74, 6) is -0.0360. The number of nitrogens with zero attached hydrogens (tertiary/aromatic N) is 3. The van der Waals surface area contributed by atoms with Crippen LogP contribution in [0.25, 0.3) is 22.6 Å². The minimum atomic E-state index is -0.417. The van der Waals surface area contributed by atoms with Crippen LogP contribution in [0.4, 0.5) is 4.39 Å². The quantitative estimate of drug-likeness (QED) is 0.499. The average molecular weight is 363 g/mol. The molecular weight excluding hydrogens is 347 g/mol. The van der Waals surface area contributed by atoms with Crippen LogP contribution in [0.5, 0.6) is 0 Å². The number of hydrogen-bond donors (Lipinski definition) is 1. The fraction of sp³-hybridized carbons (Fsp3) is 0.235. The number of aromatic nitrogens is 4. The number of halogens is 2.